The van der Waals surface area contributed by atoms with Crippen molar-refractivity contribution in [1.29, 1.82) is 0 Å². The van der Waals surface area contributed by atoms with E-state index in [1.54, 1.807) is 30.3 Å². The number of nitrogens with one attached hydrogen (secondary N) is 2. The van der Waals surface area contributed by atoms with Crippen molar-refractivity contribution in [1.82, 2.24) is 0 Å². The number of hydrogen-bond acceptors (Lipinski definition) is 3. The highest BCUT2D eigenvalue weighted by Crippen LogP contribution is 2.18. The Kier molecular flexibility index (Phi) is 5.86. The molecule has 27 heavy (non-hydrogen) atoms. The quantitative estimate of drug-likeness (QED) is 0.733. The topological polar surface area (TPSA) is 59.8 Å². The maximum absolute atomic E-state index is 14.0. The summed E-state index contributed by atoms with van der Waals surface area (Å²) in [7, 11) is 1.32. The van der Waals surface area contributed by atoms with E-state index in [-0.39, 0.29) is 18.3 Å². The lowest BCUT2D eigenvalue weighted by Crippen LogP contribution is -3.13. The Morgan fingerprint density at radius 1 is 1.22 bits per heavy atom. The molecule has 2 aromatic carbocycles. The molecule has 2 aromatic rings. The Hall–Kier alpha value is -2.73. The normalized spacial score (nSPS) is 14.5. The number of hydrogen-bond donors (Lipinski definition) is 2. The van der Waals surface area contributed by atoms with Gasteiger partial charge in [0, 0.05) is 24.1 Å². The summed E-state index contributed by atoms with van der Waals surface area (Å²) in [5.41, 5.74) is 2.45. The number of benzene rings is 2. The molecule has 1 fully saturated rings. The van der Waals surface area contributed by atoms with Gasteiger partial charge in [-0.3, -0.25) is 4.79 Å². The number of anilines is 1. The molecule has 0 aliphatic heterocycles. The molecule has 0 heterocycles. The zero-order valence-electron chi connectivity index (χ0n) is 15.5. The van der Waals surface area contributed by atoms with E-state index in [4.69, 9.17) is 4.74 Å². The summed E-state index contributed by atoms with van der Waals surface area (Å²) in [5.74, 6) is -0.841. The van der Waals surface area contributed by atoms with Crippen LogP contribution in [0.3, 0.4) is 0 Å². The SMILES string of the molecule is COC(=O)c1ccc(C)c(NC(=O)C[NH+](Cc2ccccc2F)C2CC2)c1. The summed E-state index contributed by atoms with van der Waals surface area (Å²) in [5, 5.41) is 2.88. The number of amides is 1. The second-order valence-corrected chi connectivity index (χ2v) is 6.95. The molecule has 0 bridgehead atoms. The number of rotatable bonds is 7. The lowest BCUT2D eigenvalue weighted by Gasteiger charge is -2.19. The molecule has 6 heteroatoms. The monoisotopic (exact) mass is 371 g/mol. The van der Waals surface area contributed by atoms with Crippen LogP contribution in [0.2, 0.25) is 0 Å². The molecule has 5 nitrogen and oxygen atoms in total. The van der Waals surface area contributed by atoms with Gasteiger partial charge in [0.2, 0.25) is 0 Å². The van der Waals surface area contributed by atoms with E-state index in [9.17, 15) is 14.0 Å². The number of carbonyl (C=O) groups excluding carboxylic acids is 2. The molecule has 1 saturated carbocycles. The van der Waals surface area contributed by atoms with E-state index in [1.807, 2.05) is 13.0 Å². The molecule has 3 rings (SSSR count). The van der Waals surface area contributed by atoms with Gasteiger partial charge in [-0.2, -0.15) is 0 Å². The molecule has 142 valence electrons. The summed E-state index contributed by atoms with van der Waals surface area (Å²) in [4.78, 5) is 25.3. The van der Waals surface area contributed by atoms with Gasteiger partial charge in [0.15, 0.2) is 6.54 Å². The van der Waals surface area contributed by atoms with Gasteiger partial charge in [0.05, 0.1) is 18.7 Å². The van der Waals surface area contributed by atoms with Crippen LogP contribution in [0.25, 0.3) is 0 Å². The van der Waals surface area contributed by atoms with Crippen LogP contribution in [0.1, 0.15) is 34.3 Å². The van der Waals surface area contributed by atoms with Crippen LogP contribution in [0.15, 0.2) is 42.5 Å². The zero-order chi connectivity index (χ0) is 19.4. The molecule has 0 radical (unpaired) electrons. The number of esters is 1. The number of halogens is 1. The fourth-order valence-electron chi connectivity index (χ4n) is 3.13. The van der Waals surface area contributed by atoms with E-state index in [0.29, 0.717) is 29.4 Å². The van der Waals surface area contributed by atoms with E-state index < -0.39 is 5.97 Å². The maximum atomic E-state index is 14.0. The fraction of sp³-hybridized carbons (Fsp3) is 0.333. The van der Waals surface area contributed by atoms with Crippen molar-refractivity contribution in [2.75, 3.05) is 19.0 Å². The number of aryl methyl sites for hydroxylation is 1. The summed E-state index contributed by atoms with van der Waals surface area (Å²) in [6, 6.07) is 12.1. The Labute approximate surface area is 158 Å². The van der Waals surface area contributed by atoms with Crippen LogP contribution in [0.4, 0.5) is 10.1 Å². The van der Waals surface area contributed by atoms with Crippen LogP contribution >= 0.6 is 0 Å². The minimum Gasteiger partial charge on any atom is -0.465 e. The minimum atomic E-state index is -0.449. The van der Waals surface area contributed by atoms with Gasteiger partial charge in [-0.1, -0.05) is 24.3 Å². The highest BCUT2D eigenvalue weighted by atomic mass is 19.1. The van der Waals surface area contributed by atoms with Gasteiger partial charge in [0.25, 0.3) is 5.91 Å². The van der Waals surface area contributed by atoms with Gasteiger partial charge < -0.3 is 15.0 Å². The van der Waals surface area contributed by atoms with Crippen LogP contribution in [0.5, 0.6) is 0 Å². The molecule has 1 atom stereocenters. The molecule has 1 aliphatic carbocycles. The first-order chi connectivity index (χ1) is 13.0. The Morgan fingerprint density at radius 3 is 2.63 bits per heavy atom. The van der Waals surface area contributed by atoms with Gasteiger partial charge in [-0.05, 0) is 30.7 Å². The van der Waals surface area contributed by atoms with Crippen molar-refractivity contribution < 1.29 is 23.6 Å². The third-order valence-electron chi connectivity index (χ3n) is 4.85. The third kappa shape index (κ3) is 4.92. The lowest BCUT2D eigenvalue weighted by atomic mass is 10.1. The number of methoxy groups -OCH3 is 1. The van der Waals surface area contributed by atoms with Crippen LogP contribution < -0.4 is 10.2 Å². The van der Waals surface area contributed by atoms with Crippen molar-refractivity contribution in [3.8, 4) is 0 Å². The predicted molar refractivity (Wildman–Crippen MR) is 100 cm³/mol. The highest BCUT2D eigenvalue weighted by molar-refractivity contribution is 5.95. The Balaban J connectivity index is 1.68. The number of carbonyl (C=O) groups is 2. The summed E-state index contributed by atoms with van der Waals surface area (Å²) >= 11 is 0. The number of quaternary nitrogens is 1. The first kappa shape index (κ1) is 19.0. The summed E-state index contributed by atoms with van der Waals surface area (Å²) in [6.45, 7) is 2.59. The summed E-state index contributed by atoms with van der Waals surface area (Å²) in [6.07, 6.45) is 2.10. The van der Waals surface area contributed by atoms with Gasteiger partial charge in [-0.25, -0.2) is 9.18 Å². The molecular weight excluding hydrogens is 347 g/mol. The standard InChI is InChI=1S/C21H23FN2O3/c1-14-7-8-15(21(26)27-2)11-19(14)23-20(25)13-24(17-9-10-17)12-16-5-3-4-6-18(16)22/h3-8,11,17H,9-10,12-13H2,1-2H3,(H,23,25)/p+1. The Bertz CT molecular complexity index is 849. The summed E-state index contributed by atoms with van der Waals surface area (Å²) < 4.78 is 18.7. The largest absolute Gasteiger partial charge is 0.465 e. The van der Waals surface area contributed by atoms with E-state index >= 15 is 0 Å². The molecule has 2 N–H and O–H groups in total. The minimum absolute atomic E-state index is 0.154. The molecule has 0 saturated heterocycles. The van der Waals surface area contributed by atoms with Crippen molar-refractivity contribution in [2.24, 2.45) is 0 Å². The molecule has 1 unspecified atom stereocenters. The smallest absolute Gasteiger partial charge is 0.337 e. The van der Waals surface area contributed by atoms with Gasteiger partial charge in [-0.15, -0.1) is 0 Å². The van der Waals surface area contributed by atoms with Crippen molar-refractivity contribution >= 4 is 17.6 Å². The first-order valence-electron chi connectivity index (χ1n) is 9.04. The van der Waals surface area contributed by atoms with Crippen LogP contribution in [0, 0.1) is 12.7 Å². The average Bonchev–Trinajstić information content (AvgIpc) is 3.49. The zero-order valence-corrected chi connectivity index (χ0v) is 15.5. The van der Waals surface area contributed by atoms with Crippen LogP contribution in [-0.4, -0.2) is 31.6 Å². The second-order valence-electron chi connectivity index (χ2n) is 6.95. The van der Waals surface area contributed by atoms with E-state index in [1.165, 1.54) is 13.2 Å². The first-order valence-corrected chi connectivity index (χ1v) is 9.04. The van der Waals surface area contributed by atoms with E-state index in [0.717, 1.165) is 23.3 Å². The van der Waals surface area contributed by atoms with Crippen molar-refractivity contribution in [3.05, 3.63) is 65.0 Å². The molecule has 0 aromatic heterocycles. The Morgan fingerprint density at radius 2 is 1.96 bits per heavy atom. The molecule has 1 amide bonds. The van der Waals surface area contributed by atoms with Gasteiger partial charge >= 0.3 is 5.97 Å². The fourth-order valence-corrected chi connectivity index (χ4v) is 3.13. The molecule has 1 aliphatic rings. The lowest BCUT2D eigenvalue weighted by molar-refractivity contribution is -0.917. The van der Waals surface area contributed by atoms with Crippen molar-refractivity contribution in [2.45, 2.75) is 32.4 Å². The highest BCUT2D eigenvalue weighted by Gasteiger charge is 2.35. The maximum Gasteiger partial charge on any atom is 0.337 e. The van der Waals surface area contributed by atoms with Crippen LogP contribution in [-0.2, 0) is 16.1 Å². The average molecular weight is 371 g/mol. The second kappa shape index (κ2) is 8.31. The van der Waals surface area contributed by atoms with Crippen molar-refractivity contribution in [3.63, 3.8) is 0 Å². The number of ether oxygens (including phenoxy) is 1. The predicted octanol–water partition coefficient (Wildman–Crippen LogP) is 2.11. The molecule has 0 spiro atoms. The third-order valence-corrected chi connectivity index (χ3v) is 4.85. The van der Waals surface area contributed by atoms with E-state index in [2.05, 4.69) is 5.32 Å². The van der Waals surface area contributed by atoms with Gasteiger partial charge in [0.1, 0.15) is 12.4 Å². The molecular formula is C21H24FN2O3+.